The third-order valence-electron chi connectivity index (χ3n) is 6.11. The van der Waals surface area contributed by atoms with E-state index in [2.05, 4.69) is 20.6 Å². The number of fused-ring (bicyclic) bond motifs is 1. The van der Waals surface area contributed by atoms with Crippen molar-refractivity contribution in [2.24, 2.45) is 0 Å². The Bertz CT molecular complexity index is 1420. The van der Waals surface area contributed by atoms with Gasteiger partial charge in [0.25, 0.3) is 0 Å². The van der Waals surface area contributed by atoms with Crippen molar-refractivity contribution in [3.05, 3.63) is 101 Å². The van der Waals surface area contributed by atoms with Crippen LogP contribution >= 0.6 is 11.6 Å². The summed E-state index contributed by atoms with van der Waals surface area (Å²) in [6, 6.07) is 15.5. The molecule has 0 saturated carbocycles. The van der Waals surface area contributed by atoms with Crippen molar-refractivity contribution >= 4 is 21.6 Å². The van der Waals surface area contributed by atoms with Crippen LogP contribution in [0, 0.1) is 5.82 Å². The van der Waals surface area contributed by atoms with Gasteiger partial charge in [-0.1, -0.05) is 41.9 Å². The Morgan fingerprint density at radius 2 is 1.85 bits per heavy atom. The molecule has 6 nitrogen and oxygen atoms in total. The summed E-state index contributed by atoms with van der Waals surface area (Å²) in [4.78, 5) is 8.41. The smallest absolute Gasteiger partial charge is 0.244 e. The first-order valence-electron chi connectivity index (χ1n) is 10.9. The fourth-order valence-corrected chi connectivity index (χ4v) is 5.79. The SMILES string of the molecule is O=S(=O)(c1ccc(Cl)nc1)N1CCc2c(cccc2-c2cncn2CCc2ccc(F)cc2)C1. The standard InChI is InChI=1S/C25H22ClFN4O2S/c26-25-9-8-21(14-29-25)34(32,33)31-13-11-22-19(16-31)2-1-3-23(22)24-15-28-17-30(24)12-10-18-4-6-20(27)7-5-18/h1-9,14-15,17H,10-13,16H2. The number of benzene rings is 2. The summed E-state index contributed by atoms with van der Waals surface area (Å²) in [6.07, 6.45) is 6.27. The molecular formula is C25H22ClFN4O2S. The van der Waals surface area contributed by atoms with Crippen molar-refractivity contribution in [3.8, 4) is 11.3 Å². The summed E-state index contributed by atoms with van der Waals surface area (Å²) < 4.78 is 43.0. The summed E-state index contributed by atoms with van der Waals surface area (Å²) >= 11 is 5.82. The predicted molar refractivity (Wildman–Crippen MR) is 128 cm³/mol. The molecule has 0 radical (unpaired) electrons. The number of nitrogens with zero attached hydrogens (tertiary/aromatic N) is 4. The van der Waals surface area contributed by atoms with E-state index in [9.17, 15) is 12.8 Å². The molecule has 0 N–H and O–H groups in total. The van der Waals surface area contributed by atoms with Gasteiger partial charge in [0.1, 0.15) is 15.9 Å². The Morgan fingerprint density at radius 3 is 2.62 bits per heavy atom. The zero-order valence-electron chi connectivity index (χ0n) is 18.2. The number of pyridine rings is 1. The van der Waals surface area contributed by atoms with Gasteiger partial charge in [-0.15, -0.1) is 0 Å². The number of aryl methyl sites for hydroxylation is 2. The average Bonchev–Trinajstić information content (AvgIpc) is 3.31. The summed E-state index contributed by atoms with van der Waals surface area (Å²) in [5.41, 5.74) is 5.19. The highest BCUT2D eigenvalue weighted by atomic mass is 35.5. The van der Waals surface area contributed by atoms with Crippen LogP contribution in [0.4, 0.5) is 4.39 Å². The van der Waals surface area contributed by atoms with E-state index >= 15 is 0 Å². The van der Waals surface area contributed by atoms with Crippen molar-refractivity contribution < 1.29 is 12.8 Å². The Hall–Kier alpha value is -3.07. The van der Waals surface area contributed by atoms with Crippen LogP contribution in [0.3, 0.4) is 0 Å². The molecule has 0 atom stereocenters. The third-order valence-corrected chi connectivity index (χ3v) is 8.16. The van der Waals surface area contributed by atoms with Gasteiger partial charge in [0.05, 0.1) is 18.2 Å². The Labute approximate surface area is 202 Å². The van der Waals surface area contributed by atoms with E-state index < -0.39 is 10.0 Å². The molecule has 4 aromatic rings. The second-order valence-electron chi connectivity index (χ2n) is 8.20. The summed E-state index contributed by atoms with van der Waals surface area (Å²) in [5.74, 6) is -0.244. The van der Waals surface area contributed by atoms with E-state index in [1.165, 1.54) is 34.8 Å². The van der Waals surface area contributed by atoms with Gasteiger partial charge in [-0.2, -0.15) is 4.31 Å². The molecule has 1 aliphatic rings. The van der Waals surface area contributed by atoms with Gasteiger partial charge in [0, 0.05) is 31.4 Å². The monoisotopic (exact) mass is 496 g/mol. The lowest BCUT2D eigenvalue weighted by atomic mass is 9.94. The van der Waals surface area contributed by atoms with Gasteiger partial charge in [0.2, 0.25) is 10.0 Å². The second-order valence-corrected chi connectivity index (χ2v) is 10.5. The molecule has 0 bridgehead atoms. The maximum atomic E-state index is 13.2. The zero-order chi connectivity index (χ0) is 23.7. The molecule has 0 aliphatic carbocycles. The largest absolute Gasteiger partial charge is 0.330 e. The zero-order valence-corrected chi connectivity index (χ0v) is 19.8. The van der Waals surface area contributed by atoms with Crippen LogP contribution in [0.5, 0.6) is 0 Å². The maximum absolute atomic E-state index is 13.2. The first-order chi connectivity index (χ1) is 16.4. The quantitative estimate of drug-likeness (QED) is 0.362. The number of hydrogen-bond acceptors (Lipinski definition) is 4. The average molecular weight is 497 g/mol. The molecule has 174 valence electrons. The van der Waals surface area contributed by atoms with Crippen LogP contribution < -0.4 is 0 Å². The fraction of sp³-hybridized carbons (Fsp3) is 0.200. The Morgan fingerprint density at radius 1 is 1.03 bits per heavy atom. The number of sulfonamides is 1. The van der Waals surface area contributed by atoms with Gasteiger partial charge in [-0.25, -0.2) is 22.8 Å². The minimum Gasteiger partial charge on any atom is -0.330 e. The van der Waals surface area contributed by atoms with E-state index in [0.717, 1.165) is 34.4 Å². The highest BCUT2D eigenvalue weighted by molar-refractivity contribution is 7.89. The van der Waals surface area contributed by atoms with Gasteiger partial charge in [0.15, 0.2) is 0 Å². The van der Waals surface area contributed by atoms with Crippen LogP contribution in [-0.4, -0.2) is 33.8 Å². The van der Waals surface area contributed by atoms with Gasteiger partial charge < -0.3 is 4.57 Å². The van der Waals surface area contributed by atoms with Crippen molar-refractivity contribution in [2.75, 3.05) is 6.54 Å². The molecule has 2 aromatic carbocycles. The predicted octanol–water partition coefficient (Wildman–Crippen LogP) is 4.73. The van der Waals surface area contributed by atoms with E-state index in [1.54, 1.807) is 18.5 Å². The fourth-order valence-electron chi connectivity index (χ4n) is 4.32. The number of halogens is 2. The van der Waals surface area contributed by atoms with Crippen LogP contribution in [0.1, 0.15) is 16.7 Å². The topological polar surface area (TPSA) is 68.1 Å². The summed E-state index contributed by atoms with van der Waals surface area (Å²) in [7, 11) is -3.67. The second kappa shape index (κ2) is 9.29. The maximum Gasteiger partial charge on any atom is 0.244 e. The van der Waals surface area contributed by atoms with Crippen molar-refractivity contribution in [2.45, 2.75) is 30.8 Å². The Kier molecular flexibility index (Phi) is 6.20. The summed E-state index contributed by atoms with van der Waals surface area (Å²) in [6.45, 7) is 1.37. The number of imidazole rings is 1. The molecule has 0 fully saturated rings. The molecule has 0 amide bonds. The number of aromatic nitrogens is 3. The normalized spacial score (nSPS) is 14.2. The van der Waals surface area contributed by atoms with Crippen LogP contribution in [-0.2, 0) is 36.0 Å². The van der Waals surface area contributed by atoms with Crippen molar-refractivity contribution in [3.63, 3.8) is 0 Å². The lowest BCUT2D eigenvalue weighted by Gasteiger charge is -2.29. The molecule has 2 aromatic heterocycles. The van der Waals surface area contributed by atoms with Crippen molar-refractivity contribution in [1.29, 1.82) is 0 Å². The molecular weight excluding hydrogens is 475 g/mol. The molecule has 3 heterocycles. The first kappa shape index (κ1) is 22.7. The first-order valence-corrected chi connectivity index (χ1v) is 12.7. The van der Waals surface area contributed by atoms with Crippen LogP contribution in [0.25, 0.3) is 11.3 Å². The minimum absolute atomic E-state index is 0.135. The van der Waals surface area contributed by atoms with E-state index in [0.29, 0.717) is 19.5 Å². The molecule has 5 rings (SSSR count). The third kappa shape index (κ3) is 4.49. The minimum atomic E-state index is -3.67. The lowest BCUT2D eigenvalue weighted by Crippen LogP contribution is -2.36. The van der Waals surface area contributed by atoms with E-state index in [-0.39, 0.29) is 22.4 Å². The molecule has 1 aliphatic heterocycles. The molecule has 0 unspecified atom stereocenters. The van der Waals surface area contributed by atoms with Gasteiger partial charge >= 0.3 is 0 Å². The van der Waals surface area contributed by atoms with E-state index in [1.807, 2.05) is 18.3 Å². The molecule has 0 spiro atoms. The highest BCUT2D eigenvalue weighted by Crippen LogP contribution is 2.32. The van der Waals surface area contributed by atoms with Gasteiger partial charge in [-0.05, 0) is 53.8 Å². The number of hydrogen-bond donors (Lipinski definition) is 0. The van der Waals surface area contributed by atoms with E-state index in [4.69, 9.17) is 11.6 Å². The van der Waals surface area contributed by atoms with Crippen LogP contribution in [0.2, 0.25) is 5.15 Å². The van der Waals surface area contributed by atoms with Crippen molar-refractivity contribution in [1.82, 2.24) is 18.8 Å². The molecule has 0 saturated heterocycles. The number of rotatable bonds is 6. The highest BCUT2D eigenvalue weighted by Gasteiger charge is 2.30. The Balaban J connectivity index is 1.39. The summed E-state index contributed by atoms with van der Waals surface area (Å²) in [5, 5.41) is 0.253. The molecule has 34 heavy (non-hydrogen) atoms. The lowest BCUT2D eigenvalue weighted by molar-refractivity contribution is 0.391. The van der Waals surface area contributed by atoms with Crippen LogP contribution in [0.15, 0.2) is 78.2 Å². The molecule has 9 heteroatoms. The van der Waals surface area contributed by atoms with Gasteiger partial charge in [-0.3, -0.25) is 0 Å².